The number of nitrogens with zero attached hydrogens (tertiary/aromatic N) is 1. The van der Waals surface area contributed by atoms with E-state index in [-0.39, 0.29) is 5.01 Å². The van der Waals surface area contributed by atoms with Crippen molar-refractivity contribution < 1.29 is 18.0 Å². The smallest absolute Gasteiger partial charge is 0.321 e. The highest BCUT2D eigenvalue weighted by Gasteiger charge is 2.39. The number of halogens is 3. The fourth-order valence-corrected chi connectivity index (χ4v) is 3.50. The Morgan fingerprint density at radius 2 is 1.67 bits per heavy atom. The average Bonchev–Trinajstić information content (AvgIpc) is 3.09. The highest BCUT2D eigenvalue weighted by Crippen LogP contribution is 2.38. The molecule has 0 saturated heterocycles. The van der Waals surface area contributed by atoms with E-state index in [1.54, 1.807) is 42.5 Å². The second-order valence-corrected chi connectivity index (χ2v) is 7.29. The fraction of sp³-hybridized carbons (Fsp3) is 0.200. The number of nitrogens with one attached hydrogen (secondary N) is 1. The molecule has 0 aliphatic carbocycles. The van der Waals surface area contributed by atoms with E-state index in [0.29, 0.717) is 17.2 Å². The molecule has 0 radical (unpaired) electrons. The van der Waals surface area contributed by atoms with Crippen molar-refractivity contribution in [3.8, 4) is 10.6 Å². The lowest BCUT2D eigenvalue weighted by atomic mass is 10.0. The maximum absolute atomic E-state index is 13.4. The van der Waals surface area contributed by atoms with Crippen LogP contribution >= 0.6 is 11.3 Å². The van der Waals surface area contributed by atoms with Gasteiger partial charge in [0.2, 0.25) is 0 Å². The van der Waals surface area contributed by atoms with Gasteiger partial charge >= 0.3 is 6.18 Å². The molecule has 0 bridgehead atoms. The molecule has 3 aromatic rings. The van der Waals surface area contributed by atoms with E-state index in [9.17, 15) is 18.0 Å². The van der Waals surface area contributed by atoms with E-state index in [0.717, 1.165) is 16.9 Å². The summed E-state index contributed by atoms with van der Waals surface area (Å²) in [5.74, 6) is -0.499. The SMILES string of the molecule is CC(C)c1ccc(NC(=O)c2sc(-c3ccccc3)nc2C(F)(F)F)cc1. The van der Waals surface area contributed by atoms with Gasteiger partial charge in [0.25, 0.3) is 5.91 Å². The Labute approximate surface area is 158 Å². The zero-order valence-electron chi connectivity index (χ0n) is 14.7. The van der Waals surface area contributed by atoms with Crippen LogP contribution in [0.3, 0.4) is 0 Å². The molecule has 0 atom stereocenters. The van der Waals surface area contributed by atoms with E-state index in [2.05, 4.69) is 10.3 Å². The molecule has 27 heavy (non-hydrogen) atoms. The monoisotopic (exact) mass is 390 g/mol. The van der Waals surface area contributed by atoms with Crippen LogP contribution in [0.4, 0.5) is 18.9 Å². The summed E-state index contributed by atoms with van der Waals surface area (Å²) < 4.78 is 40.1. The molecule has 0 spiro atoms. The minimum Gasteiger partial charge on any atom is -0.321 e. The Kier molecular flexibility index (Phi) is 5.32. The van der Waals surface area contributed by atoms with Crippen LogP contribution < -0.4 is 5.32 Å². The molecule has 1 amide bonds. The molecular weight excluding hydrogens is 373 g/mol. The summed E-state index contributed by atoms with van der Waals surface area (Å²) in [6, 6.07) is 15.5. The summed E-state index contributed by atoms with van der Waals surface area (Å²) in [7, 11) is 0. The van der Waals surface area contributed by atoms with Gasteiger partial charge in [-0.2, -0.15) is 13.2 Å². The maximum Gasteiger partial charge on any atom is 0.435 e. The standard InChI is InChI=1S/C20H17F3N2OS/c1-12(2)13-8-10-15(11-9-13)24-18(26)16-17(20(21,22)23)25-19(27-16)14-6-4-3-5-7-14/h3-12H,1-2H3,(H,24,26). The van der Waals surface area contributed by atoms with E-state index in [1.807, 2.05) is 26.0 Å². The number of aromatic nitrogens is 1. The van der Waals surface area contributed by atoms with Crippen LogP contribution in [0.25, 0.3) is 10.6 Å². The number of alkyl halides is 3. The normalized spacial score (nSPS) is 11.6. The second kappa shape index (κ2) is 7.52. The molecule has 0 saturated carbocycles. The Bertz CT molecular complexity index is 932. The topological polar surface area (TPSA) is 42.0 Å². The van der Waals surface area contributed by atoms with Crippen molar-refractivity contribution in [2.75, 3.05) is 5.32 Å². The summed E-state index contributed by atoms with van der Waals surface area (Å²) in [6.07, 6.45) is -4.71. The molecule has 140 valence electrons. The summed E-state index contributed by atoms with van der Waals surface area (Å²) in [6.45, 7) is 4.07. The van der Waals surface area contributed by atoms with Crippen molar-refractivity contribution >= 4 is 22.9 Å². The molecular formula is C20H17F3N2OS. The molecule has 7 heteroatoms. The first-order valence-electron chi connectivity index (χ1n) is 8.30. The van der Waals surface area contributed by atoms with E-state index < -0.39 is 22.7 Å². The third-order valence-corrected chi connectivity index (χ3v) is 5.06. The summed E-state index contributed by atoms with van der Waals surface area (Å²) in [4.78, 5) is 15.7. The molecule has 2 aromatic carbocycles. The van der Waals surface area contributed by atoms with Crippen molar-refractivity contribution in [2.24, 2.45) is 0 Å². The lowest BCUT2D eigenvalue weighted by molar-refractivity contribution is -0.140. The molecule has 0 aliphatic rings. The lowest BCUT2D eigenvalue weighted by Crippen LogP contribution is -2.17. The highest BCUT2D eigenvalue weighted by atomic mass is 32.1. The number of hydrogen-bond donors (Lipinski definition) is 1. The van der Waals surface area contributed by atoms with Crippen LogP contribution in [-0.2, 0) is 6.18 Å². The predicted molar refractivity (Wildman–Crippen MR) is 101 cm³/mol. The van der Waals surface area contributed by atoms with E-state index >= 15 is 0 Å². The van der Waals surface area contributed by atoms with E-state index in [4.69, 9.17) is 0 Å². The Morgan fingerprint density at radius 3 is 2.22 bits per heavy atom. The lowest BCUT2D eigenvalue weighted by Gasteiger charge is -2.09. The molecule has 1 aromatic heterocycles. The first kappa shape index (κ1) is 19.1. The van der Waals surface area contributed by atoms with Gasteiger partial charge < -0.3 is 5.32 Å². The van der Waals surface area contributed by atoms with Crippen molar-refractivity contribution in [1.82, 2.24) is 4.98 Å². The van der Waals surface area contributed by atoms with Crippen LogP contribution in [0.15, 0.2) is 54.6 Å². The number of rotatable bonds is 4. The van der Waals surface area contributed by atoms with Crippen molar-refractivity contribution in [3.63, 3.8) is 0 Å². The molecule has 0 fully saturated rings. The summed E-state index contributed by atoms with van der Waals surface area (Å²) in [5, 5.41) is 2.69. The van der Waals surface area contributed by atoms with Gasteiger partial charge in [0, 0.05) is 11.3 Å². The molecule has 3 nitrogen and oxygen atoms in total. The van der Waals surface area contributed by atoms with Crippen LogP contribution in [0, 0.1) is 0 Å². The Hall–Kier alpha value is -2.67. The molecule has 1 heterocycles. The molecule has 1 N–H and O–H groups in total. The third kappa shape index (κ3) is 4.36. The third-order valence-electron chi connectivity index (χ3n) is 3.96. The number of carbonyl (C=O) groups is 1. The zero-order valence-corrected chi connectivity index (χ0v) is 15.5. The van der Waals surface area contributed by atoms with Crippen LogP contribution in [-0.4, -0.2) is 10.9 Å². The minimum atomic E-state index is -4.71. The second-order valence-electron chi connectivity index (χ2n) is 6.29. The number of anilines is 1. The van der Waals surface area contributed by atoms with Crippen LogP contribution in [0.1, 0.15) is 40.7 Å². The fourth-order valence-electron chi connectivity index (χ4n) is 2.51. The summed E-state index contributed by atoms with van der Waals surface area (Å²) in [5.41, 5.74) is 0.885. The van der Waals surface area contributed by atoms with Gasteiger partial charge in [-0.25, -0.2) is 4.98 Å². The van der Waals surface area contributed by atoms with Gasteiger partial charge in [-0.05, 0) is 23.6 Å². The number of amides is 1. The van der Waals surface area contributed by atoms with Crippen molar-refractivity contribution in [2.45, 2.75) is 25.9 Å². The average molecular weight is 390 g/mol. The quantitative estimate of drug-likeness (QED) is 0.576. The van der Waals surface area contributed by atoms with E-state index in [1.165, 1.54) is 0 Å². The van der Waals surface area contributed by atoms with Gasteiger partial charge in [0.1, 0.15) is 9.88 Å². The first-order chi connectivity index (χ1) is 12.8. The summed E-state index contributed by atoms with van der Waals surface area (Å²) >= 11 is 0.732. The highest BCUT2D eigenvalue weighted by molar-refractivity contribution is 7.17. The minimum absolute atomic E-state index is 0.156. The van der Waals surface area contributed by atoms with Gasteiger partial charge in [-0.15, -0.1) is 11.3 Å². The van der Waals surface area contributed by atoms with Crippen LogP contribution in [0.2, 0.25) is 0 Å². The van der Waals surface area contributed by atoms with Crippen LogP contribution in [0.5, 0.6) is 0 Å². The first-order valence-corrected chi connectivity index (χ1v) is 9.12. The molecule has 3 rings (SSSR count). The Morgan fingerprint density at radius 1 is 1.04 bits per heavy atom. The maximum atomic E-state index is 13.4. The number of carbonyl (C=O) groups excluding carboxylic acids is 1. The van der Waals surface area contributed by atoms with Crippen molar-refractivity contribution in [3.05, 3.63) is 70.7 Å². The predicted octanol–water partition coefficient (Wildman–Crippen LogP) is 6.20. The van der Waals surface area contributed by atoms with Gasteiger partial charge in [-0.1, -0.05) is 56.3 Å². The zero-order chi connectivity index (χ0) is 19.6. The van der Waals surface area contributed by atoms with Gasteiger partial charge in [-0.3, -0.25) is 4.79 Å². The number of benzene rings is 2. The molecule has 0 aliphatic heterocycles. The van der Waals surface area contributed by atoms with Gasteiger partial charge in [0.05, 0.1) is 0 Å². The number of thiazole rings is 1. The van der Waals surface area contributed by atoms with Gasteiger partial charge in [0.15, 0.2) is 5.69 Å². The van der Waals surface area contributed by atoms with Crippen molar-refractivity contribution in [1.29, 1.82) is 0 Å². The Balaban J connectivity index is 1.92. The number of hydrogen-bond acceptors (Lipinski definition) is 3. The largest absolute Gasteiger partial charge is 0.435 e. The molecule has 0 unspecified atom stereocenters.